The summed E-state index contributed by atoms with van der Waals surface area (Å²) in [6.45, 7) is 1.94. The van der Waals surface area contributed by atoms with Crippen molar-refractivity contribution < 1.29 is 13.9 Å². The highest BCUT2D eigenvalue weighted by atomic mass is 79.9. The summed E-state index contributed by atoms with van der Waals surface area (Å²) in [5.41, 5.74) is 0.549. The molecule has 1 heterocycles. The van der Waals surface area contributed by atoms with Gasteiger partial charge in [-0.15, -0.1) is 0 Å². The van der Waals surface area contributed by atoms with Gasteiger partial charge in [-0.1, -0.05) is 0 Å². The molecule has 0 spiro atoms. The van der Waals surface area contributed by atoms with Crippen LogP contribution in [0.2, 0.25) is 0 Å². The Bertz CT molecular complexity index is 553. The quantitative estimate of drug-likeness (QED) is 0.864. The summed E-state index contributed by atoms with van der Waals surface area (Å²) in [5.74, 6) is -1.08. The van der Waals surface area contributed by atoms with Gasteiger partial charge in [0.2, 0.25) is 0 Å². The number of aromatic nitrogens is 2. The summed E-state index contributed by atoms with van der Waals surface area (Å²) in [6, 6.07) is 2.39. The minimum absolute atomic E-state index is 0.164. The molecule has 0 amide bonds. The number of fused-ring (bicyclic) bond motifs is 1. The molecule has 2 aromatic rings. The second-order valence-electron chi connectivity index (χ2n) is 3.11. The van der Waals surface area contributed by atoms with E-state index in [9.17, 15) is 9.18 Å². The highest BCUT2D eigenvalue weighted by Crippen LogP contribution is 2.26. The van der Waals surface area contributed by atoms with Crippen LogP contribution in [0.4, 0.5) is 4.39 Å². The fourth-order valence-electron chi connectivity index (χ4n) is 1.45. The number of carbonyl (C=O) groups excluding carboxylic acids is 1. The van der Waals surface area contributed by atoms with Gasteiger partial charge in [0.25, 0.3) is 0 Å². The molecule has 1 N–H and O–H groups in total. The number of ether oxygens (including phenoxy) is 1. The number of hydrogen-bond acceptors (Lipinski definition) is 3. The average Bonchev–Trinajstić information content (AvgIpc) is 2.59. The molecule has 6 heteroatoms. The second kappa shape index (κ2) is 4.21. The molecule has 0 fully saturated rings. The van der Waals surface area contributed by atoms with E-state index >= 15 is 0 Å². The highest BCUT2D eigenvalue weighted by Gasteiger charge is 2.17. The maximum atomic E-state index is 13.2. The fourth-order valence-corrected chi connectivity index (χ4v) is 1.95. The first kappa shape index (κ1) is 11.1. The van der Waals surface area contributed by atoms with Crippen LogP contribution in [0.5, 0.6) is 0 Å². The third-order valence-electron chi connectivity index (χ3n) is 2.07. The molecule has 0 aliphatic rings. The number of rotatable bonds is 2. The highest BCUT2D eigenvalue weighted by molar-refractivity contribution is 9.10. The predicted octanol–water partition coefficient (Wildman–Crippen LogP) is 2.64. The Morgan fingerprint density at radius 3 is 3.06 bits per heavy atom. The lowest BCUT2D eigenvalue weighted by Crippen LogP contribution is -2.05. The number of benzene rings is 1. The van der Waals surface area contributed by atoms with Crippen molar-refractivity contribution in [1.29, 1.82) is 0 Å². The molecule has 0 aliphatic heterocycles. The molecule has 1 aromatic carbocycles. The number of carbonyl (C=O) groups is 1. The summed E-state index contributed by atoms with van der Waals surface area (Å²) >= 11 is 3.21. The zero-order chi connectivity index (χ0) is 11.7. The Labute approximate surface area is 98.9 Å². The largest absolute Gasteiger partial charge is 0.462 e. The zero-order valence-corrected chi connectivity index (χ0v) is 9.97. The number of halogens is 2. The number of aromatic amines is 1. The van der Waals surface area contributed by atoms with Crippen LogP contribution in [0.15, 0.2) is 16.7 Å². The topological polar surface area (TPSA) is 55.0 Å². The first-order valence-electron chi connectivity index (χ1n) is 4.63. The molecule has 1 aromatic heterocycles. The molecule has 0 saturated heterocycles. The number of nitrogens with zero attached hydrogens (tertiary/aromatic N) is 1. The first-order valence-corrected chi connectivity index (χ1v) is 5.43. The number of hydrogen-bond donors (Lipinski definition) is 1. The summed E-state index contributed by atoms with van der Waals surface area (Å²) in [6.07, 6.45) is 0. The van der Waals surface area contributed by atoms with Gasteiger partial charge in [-0.2, -0.15) is 5.10 Å². The smallest absolute Gasteiger partial charge is 0.339 e. The van der Waals surface area contributed by atoms with Gasteiger partial charge in [0.1, 0.15) is 10.4 Å². The van der Waals surface area contributed by atoms with Gasteiger partial charge in [-0.05, 0) is 28.9 Å². The number of esters is 1. The van der Waals surface area contributed by atoms with Crippen LogP contribution >= 0.6 is 15.9 Å². The molecule has 16 heavy (non-hydrogen) atoms. The van der Waals surface area contributed by atoms with E-state index in [1.165, 1.54) is 6.07 Å². The second-order valence-corrected chi connectivity index (χ2v) is 3.90. The van der Waals surface area contributed by atoms with Crippen molar-refractivity contribution in [1.82, 2.24) is 10.2 Å². The first-order chi connectivity index (χ1) is 7.63. The predicted molar refractivity (Wildman–Crippen MR) is 59.7 cm³/mol. The van der Waals surface area contributed by atoms with E-state index < -0.39 is 11.8 Å². The van der Waals surface area contributed by atoms with Gasteiger partial charge in [-0.3, -0.25) is 5.10 Å². The standard InChI is InChI=1S/C10H8BrFN2O2/c1-2-16-10(15)6-3-5(12)4-7-8(6)9(11)14-13-7/h3-4H,2H2,1H3,(H,13,14). The van der Waals surface area contributed by atoms with Gasteiger partial charge in [0.15, 0.2) is 0 Å². The number of nitrogens with one attached hydrogen (secondary N) is 1. The van der Waals surface area contributed by atoms with E-state index in [2.05, 4.69) is 26.1 Å². The van der Waals surface area contributed by atoms with Crippen LogP contribution in [0, 0.1) is 5.82 Å². The van der Waals surface area contributed by atoms with Crippen molar-refractivity contribution in [3.63, 3.8) is 0 Å². The van der Waals surface area contributed by atoms with Crippen LogP contribution in [0.3, 0.4) is 0 Å². The summed E-state index contributed by atoms with van der Waals surface area (Å²) < 4.78 is 18.6. The monoisotopic (exact) mass is 286 g/mol. The fraction of sp³-hybridized carbons (Fsp3) is 0.200. The van der Waals surface area contributed by atoms with Crippen LogP contribution < -0.4 is 0 Å². The Morgan fingerprint density at radius 2 is 2.38 bits per heavy atom. The summed E-state index contributed by atoms with van der Waals surface area (Å²) in [5, 5.41) is 7.02. The molecular formula is C10H8BrFN2O2. The van der Waals surface area contributed by atoms with Crippen LogP contribution in [0.25, 0.3) is 10.9 Å². The number of H-pyrrole nitrogens is 1. The van der Waals surface area contributed by atoms with Crippen molar-refractivity contribution >= 4 is 32.8 Å². The van der Waals surface area contributed by atoms with E-state index in [0.717, 1.165) is 6.07 Å². The minimum Gasteiger partial charge on any atom is -0.462 e. The van der Waals surface area contributed by atoms with Gasteiger partial charge in [-0.25, -0.2) is 9.18 Å². The maximum absolute atomic E-state index is 13.2. The lowest BCUT2D eigenvalue weighted by molar-refractivity contribution is 0.0528. The van der Waals surface area contributed by atoms with Gasteiger partial charge in [0.05, 0.1) is 17.7 Å². The summed E-state index contributed by atoms with van der Waals surface area (Å²) in [4.78, 5) is 11.6. The van der Waals surface area contributed by atoms with Gasteiger partial charge < -0.3 is 4.74 Å². The van der Waals surface area contributed by atoms with Crippen molar-refractivity contribution in [3.8, 4) is 0 Å². The molecule has 0 atom stereocenters. The van der Waals surface area contributed by atoms with E-state index in [0.29, 0.717) is 15.5 Å². The SMILES string of the molecule is CCOC(=O)c1cc(F)cc2n[nH]c(Br)c12. The zero-order valence-electron chi connectivity index (χ0n) is 8.38. The van der Waals surface area contributed by atoms with Crippen LogP contribution in [-0.2, 0) is 4.74 Å². The van der Waals surface area contributed by atoms with E-state index in [1.807, 2.05) is 0 Å². The van der Waals surface area contributed by atoms with E-state index in [1.54, 1.807) is 6.92 Å². The van der Waals surface area contributed by atoms with Crippen molar-refractivity contribution in [3.05, 3.63) is 28.1 Å². The normalized spacial score (nSPS) is 10.7. The minimum atomic E-state index is -0.561. The molecule has 4 nitrogen and oxygen atoms in total. The Balaban J connectivity index is 2.66. The van der Waals surface area contributed by atoms with Crippen molar-refractivity contribution in [2.75, 3.05) is 6.61 Å². The molecule has 2 rings (SSSR count). The molecule has 0 aliphatic carbocycles. The molecule has 0 saturated carbocycles. The lowest BCUT2D eigenvalue weighted by atomic mass is 10.1. The Hall–Kier alpha value is -1.43. The van der Waals surface area contributed by atoms with E-state index in [4.69, 9.17) is 4.74 Å². The Morgan fingerprint density at radius 1 is 1.62 bits per heavy atom. The molecule has 0 radical (unpaired) electrons. The van der Waals surface area contributed by atoms with Crippen LogP contribution in [-0.4, -0.2) is 22.8 Å². The molecule has 84 valence electrons. The molecule has 0 bridgehead atoms. The maximum Gasteiger partial charge on any atom is 0.339 e. The van der Waals surface area contributed by atoms with Crippen molar-refractivity contribution in [2.24, 2.45) is 0 Å². The third-order valence-corrected chi connectivity index (χ3v) is 2.65. The van der Waals surface area contributed by atoms with Gasteiger partial charge >= 0.3 is 5.97 Å². The Kier molecular flexibility index (Phi) is 2.91. The lowest BCUT2D eigenvalue weighted by Gasteiger charge is -2.03. The molecule has 0 unspecified atom stereocenters. The van der Waals surface area contributed by atoms with Gasteiger partial charge in [0, 0.05) is 11.5 Å². The van der Waals surface area contributed by atoms with E-state index in [-0.39, 0.29) is 12.2 Å². The van der Waals surface area contributed by atoms with Crippen LogP contribution in [0.1, 0.15) is 17.3 Å². The third kappa shape index (κ3) is 1.80. The summed E-state index contributed by atoms with van der Waals surface area (Å²) in [7, 11) is 0. The molecular weight excluding hydrogens is 279 g/mol. The van der Waals surface area contributed by atoms with Crippen molar-refractivity contribution in [2.45, 2.75) is 6.92 Å². The average molecular weight is 287 g/mol.